The van der Waals surface area contributed by atoms with E-state index in [4.69, 9.17) is 9.47 Å². The molecule has 19 nitrogen and oxygen atoms in total. The summed E-state index contributed by atoms with van der Waals surface area (Å²) in [5.74, 6) is -2.76. The standard InChI is InChI=1S/C50H60N6O13/c57-39(14-5-2-8-27-56-42(60)19-20-43(56)61)52-25-21-41(59)53-37-30-35(15-17-38(37)68-50-46(64)44(62)45(63)47(69-50)49(66)67)32-54-26-9-11-34(31-54)16-18-40(58)51-24-7-6-10-33-22-28-55(29-23-33)48(65)36-12-3-1-4-13-36/h1,3-4,9,11-13,15-20,26,30-31,33,44-47,50,62-64H,2,5-8,10,14,21-25,27-29,32H2,(H3-,51,52,53,57,58,59,66,67)/p+1/b18-16+/t44-,45-,46+,47-,50+/m0/s1. The van der Waals surface area contributed by atoms with E-state index in [0.717, 1.165) is 61.2 Å². The van der Waals surface area contributed by atoms with Crippen LogP contribution in [0.2, 0.25) is 0 Å². The van der Waals surface area contributed by atoms with Gasteiger partial charge in [0.25, 0.3) is 17.7 Å². The molecule has 1 aromatic heterocycles. The van der Waals surface area contributed by atoms with Crippen molar-refractivity contribution in [3.63, 3.8) is 0 Å². The Balaban J connectivity index is 0.977. The summed E-state index contributed by atoms with van der Waals surface area (Å²) in [6.45, 7) is 2.59. The third-order valence-corrected chi connectivity index (χ3v) is 12.2. The topological polar surface area (TPSA) is 265 Å². The van der Waals surface area contributed by atoms with Gasteiger partial charge in [0.15, 0.2) is 25.0 Å². The van der Waals surface area contributed by atoms with Crippen molar-refractivity contribution in [2.45, 2.75) is 101 Å². The Bertz CT molecular complexity index is 2330. The van der Waals surface area contributed by atoms with Crippen molar-refractivity contribution in [2.24, 2.45) is 5.92 Å². The van der Waals surface area contributed by atoms with Crippen LogP contribution in [-0.2, 0) is 40.0 Å². The molecule has 6 rings (SSSR count). The van der Waals surface area contributed by atoms with E-state index in [1.54, 1.807) is 18.2 Å². The summed E-state index contributed by atoms with van der Waals surface area (Å²) in [5, 5.41) is 49.0. The average molecular weight is 954 g/mol. The highest BCUT2D eigenvalue weighted by molar-refractivity contribution is 6.12. The Morgan fingerprint density at radius 3 is 2.29 bits per heavy atom. The van der Waals surface area contributed by atoms with Crippen LogP contribution in [-0.4, -0.2) is 135 Å². The number of unbranched alkanes of at least 4 members (excludes halogenated alkanes) is 3. The van der Waals surface area contributed by atoms with Gasteiger partial charge in [-0.05, 0) is 80.5 Å². The number of carbonyl (C=O) groups excluding carboxylic acids is 6. The second-order valence-electron chi connectivity index (χ2n) is 17.3. The molecule has 6 amide bonds. The van der Waals surface area contributed by atoms with Crippen molar-refractivity contribution in [3.05, 3.63) is 108 Å². The van der Waals surface area contributed by atoms with Crippen molar-refractivity contribution >= 4 is 53.2 Å². The first-order valence-corrected chi connectivity index (χ1v) is 23.4. The molecule has 0 saturated carbocycles. The highest BCUT2D eigenvalue weighted by Gasteiger charge is 2.48. The van der Waals surface area contributed by atoms with E-state index in [1.807, 2.05) is 64.3 Å². The summed E-state index contributed by atoms with van der Waals surface area (Å²) in [5.41, 5.74) is 2.23. The van der Waals surface area contributed by atoms with Gasteiger partial charge >= 0.3 is 5.97 Å². The van der Waals surface area contributed by atoms with E-state index < -0.39 is 42.6 Å². The number of carboxylic acids is 1. The summed E-state index contributed by atoms with van der Waals surface area (Å²) >= 11 is 0. The van der Waals surface area contributed by atoms with Gasteiger partial charge in [-0.15, -0.1) is 0 Å². The molecule has 3 aromatic rings. The van der Waals surface area contributed by atoms with E-state index in [9.17, 15) is 54.0 Å². The number of aliphatic carboxylic acids is 1. The molecule has 0 bridgehead atoms. The number of aromatic nitrogens is 1. The summed E-state index contributed by atoms with van der Waals surface area (Å²) in [7, 11) is 0. The minimum absolute atomic E-state index is 0.00742. The molecule has 2 fully saturated rings. The largest absolute Gasteiger partial charge is 0.479 e. The number of carbonyl (C=O) groups is 7. The Morgan fingerprint density at radius 2 is 1.55 bits per heavy atom. The van der Waals surface area contributed by atoms with Gasteiger partial charge in [0, 0.05) is 86.6 Å². The summed E-state index contributed by atoms with van der Waals surface area (Å²) in [4.78, 5) is 89.3. The summed E-state index contributed by atoms with van der Waals surface area (Å²) < 4.78 is 13.0. The Kier molecular flexibility index (Phi) is 19.1. The maximum atomic E-state index is 13.2. The van der Waals surface area contributed by atoms with E-state index in [-0.39, 0.29) is 73.4 Å². The zero-order valence-electron chi connectivity index (χ0n) is 38.3. The number of hydrogen-bond acceptors (Lipinski definition) is 12. The molecule has 0 spiro atoms. The van der Waals surface area contributed by atoms with Crippen LogP contribution < -0.4 is 25.3 Å². The molecule has 3 aliphatic rings. The third kappa shape index (κ3) is 15.4. The second-order valence-corrected chi connectivity index (χ2v) is 17.3. The number of carboxylic acid groups (broad SMARTS) is 1. The molecular weight excluding hydrogens is 893 g/mol. The van der Waals surface area contributed by atoms with Crippen LogP contribution in [0.5, 0.6) is 5.75 Å². The molecule has 368 valence electrons. The number of nitrogens with zero attached hydrogens (tertiary/aromatic N) is 3. The number of nitrogens with one attached hydrogen (secondary N) is 3. The monoisotopic (exact) mass is 953 g/mol. The van der Waals surface area contributed by atoms with Crippen molar-refractivity contribution < 1.29 is 68.0 Å². The number of rotatable bonds is 23. The predicted molar refractivity (Wildman–Crippen MR) is 249 cm³/mol. The molecule has 2 saturated heterocycles. The van der Waals surface area contributed by atoms with Crippen LogP contribution >= 0.6 is 0 Å². The van der Waals surface area contributed by atoms with E-state index >= 15 is 0 Å². The smallest absolute Gasteiger partial charge is 0.335 e. The van der Waals surface area contributed by atoms with Crippen LogP contribution in [0.3, 0.4) is 0 Å². The van der Waals surface area contributed by atoms with E-state index in [2.05, 4.69) is 16.0 Å². The Hall–Kier alpha value is -6.80. The fraction of sp³-hybridized carbons (Fsp3) is 0.440. The molecule has 0 radical (unpaired) electrons. The fourth-order valence-electron chi connectivity index (χ4n) is 8.29. The van der Waals surface area contributed by atoms with Gasteiger partial charge in [-0.3, -0.25) is 33.7 Å². The average Bonchev–Trinajstić information content (AvgIpc) is 3.66. The Labute approximate surface area is 399 Å². The molecule has 3 aliphatic heterocycles. The normalized spacial score (nSPS) is 20.5. The maximum Gasteiger partial charge on any atom is 0.335 e. The van der Waals surface area contributed by atoms with Crippen LogP contribution in [0.1, 0.15) is 85.7 Å². The van der Waals surface area contributed by atoms with Gasteiger partial charge in [-0.25, -0.2) is 9.36 Å². The number of piperidine rings is 1. The first-order valence-electron chi connectivity index (χ1n) is 23.4. The third-order valence-electron chi connectivity index (χ3n) is 12.2. The molecular formula is C50H61N6O13+. The number of anilines is 1. The molecule has 5 atom stereocenters. The van der Waals surface area contributed by atoms with Gasteiger partial charge in [0.05, 0.1) is 5.69 Å². The summed E-state index contributed by atoms with van der Waals surface area (Å²) in [6, 6.07) is 17.7. The first-order chi connectivity index (χ1) is 33.2. The number of amides is 6. The lowest BCUT2D eigenvalue weighted by Crippen LogP contribution is -2.61. The van der Waals surface area contributed by atoms with Gasteiger partial charge in [-0.1, -0.05) is 37.5 Å². The minimum Gasteiger partial charge on any atom is -0.479 e. The van der Waals surface area contributed by atoms with Crippen LogP contribution in [0.25, 0.3) is 6.08 Å². The molecule has 0 unspecified atom stereocenters. The number of ether oxygens (including phenoxy) is 2. The second kappa shape index (κ2) is 25.5. The van der Waals surface area contributed by atoms with Crippen LogP contribution in [0, 0.1) is 5.92 Å². The number of imide groups is 1. The quantitative estimate of drug-likeness (QED) is 0.0311. The lowest BCUT2D eigenvalue weighted by Gasteiger charge is -2.38. The van der Waals surface area contributed by atoms with Crippen molar-refractivity contribution in [1.82, 2.24) is 20.4 Å². The number of likely N-dealkylation sites (tertiary alicyclic amines) is 1. The summed E-state index contributed by atoms with van der Waals surface area (Å²) in [6.07, 6.45) is 6.36. The maximum absolute atomic E-state index is 13.2. The number of benzene rings is 2. The lowest BCUT2D eigenvalue weighted by molar-refractivity contribution is -0.688. The van der Waals surface area contributed by atoms with Gasteiger partial charge < -0.3 is 50.8 Å². The van der Waals surface area contributed by atoms with Crippen LogP contribution in [0.4, 0.5) is 5.69 Å². The van der Waals surface area contributed by atoms with Crippen LogP contribution in [0.15, 0.2) is 91.3 Å². The zero-order valence-corrected chi connectivity index (χ0v) is 38.3. The predicted octanol–water partition coefficient (Wildman–Crippen LogP) is 2.08. The first kappa shape index (κ1) is 51.6. The van der Waals surface area contributed by atoms with Gasteiger partial charge in [-0.2, -0.15) is 0 Å². The van der Waals surface area contributed by atoms with E-state index in [1.165, 1.54) is 24.3 Å². The lowest BCUT2D eigenvalue weighted by atomic mass is 9.91. The number of aliphatic hydroxyl groups excluding tert-OH is 3. The number of aliphatic hydroxyl groups is 3. The molecule has 2 aromatic carbocycles. The van der Waals surface area contributed by atoms with Crippen molar-refractivity contribution in [2.75, 3.05) is 38.0 Å². The molecule has 69 heavy (non-hydrogen) atoms. The van der Waals surface area contributed by atoms with Gasteiger partial charge in [0.2, 0.25) is 24.0 Å². The number of hydrogen-bond donors (Lipinski definition) is 7. The molecule has 7 N–H and O–H groups in total. The van der Waals surface area contributed by atoms with Crippen molar-refractivity contribution in [1.29, 1.82) is 0 Å². The van der Waals surface area contributed by atoms with Crippen molar-refractivity contribution in [3.8, 4) is 5.75 Å². The SMILES string of the molecule is O=C(/C=C/c1ccc[n+](Cc2ccc(O[C@@H]3O[C@H](C(=O)O)[C@@H](O)[C@H](O)[C@H]3O)c(NC(=O)CCNC(=O)CCCCCN3C(=O)C=CC3=O)c2)c1)NCCCCC1CCN(C(=O)c2ccccc2)CC1. The van der Waals surface area contributed by atoms with E-state index in [0.29, 0.717) is 37.3 Å². The highest BCUT2D eigenvalue weighted by Crippen LogP contribution is 2.31. The number of pyridine rings is 1. The molecule has 4 heterocycles. The fourth-order valence-corrected chi connectivity index (χ4v) is 8.29. The highest BCUT2D eigenvalue weighted by atomic mass is 16.7. The molecule has 0 aliphatic carbocycles. The minimum atomic E-state index is -1.94. The van der Waals surface area contributed by atoms with Gasteiger partial charge in [0.1, 0.15) is 24.1 Å². The molecule has 19 heteroatoms. The zero-order chi connectivity index (χ0) is 49.3. The Morgan fingerprint density at radius 1 is 0.797 bits per heavy atom.